The van der Waals surface area contributed by atoms with Gasteiger partial charge in [-0.15, -0.1) is 0 Å². The third-order valence-electron chi connectivity index (χ3n) is 4.28. The lowest BCUT2D eigenvalue weighted by Gasteiger charge is -2.20. The molecule has 1 unspecified atom stereocenters. The Labute approximate surface area is 145 Å². The van der Waals surface area contributed by atoms with E-state index in [4.69, 9.17) is 4.74 Å². The van der Waals surface area contributed by atoms with E-state index in [0.717, 1.165) is 16.6 Å². The number of hydrogen-bond acceptors (Lipinski definition) is 4. The van der Waals surface area contributed by atoms with Crippen molar-refractivity contribution in [3.8, 4) is 0 Å². The van der Waals surface area contributed by atoms with E-state index >= 15 is 0 Å². The number of carbonyl (C=O) groups is 1. The molecule has 3 rings (SSSR count). The van der Waals surface area contributed by atoms with Gasteiger partial charge in [0.15, 0.2) is 5.65 Å². The van der Waals surface area contributed by atoms with Crippen LogP contribution in [0.3, 0.4) is 0 Å². The van der Waals surface area contributed by atoms with Crippen LogP contribution in [0, 0.1) is 6.92 Å². The number of fused-ring (bicyclic) bond motifs is 3. The summed E-state index contributed by atoms with van der Waals surface area (Å²) < 4.78 is 8.78. The predicted octanol–water partition coefficient (Wildman–Crippen LogP) is 1.67. The molecule has 1 amide bonds. The van der Waals surface area contributed by atoms with Gasteiger partial charge < -0.3 is 10.1 Å². The number of nitrogens with zero attached hydrogens (tertiary/aromatic N) is 3. The minimum absolute atomic E-state index is 0.0831. The molecule has 0 aliphatic heterocycles. The summed E-state index contributed by atoms with van der Waals surface area (Å²) in [5.74, 6) is -0.0831. The fourth-order valence-corrected chi connectivity index (χ4v) is 3.18. The first-order valence-electron chi connectivity index (χ1n) is 8.34. The fraction of sp³-hybridized carbons (Fsp3) is 0.389. The predicted molar refractivity (Wildman–Crippen MR) is 95.9 cm³/mol. The zero-order valence-electron chi connectivity index (χ0n) is 14.7. The van der Waals surface area contributed by atoms with Crippen molar-refractivity contribution in [3.63, 3.8) is 0 Å². The summed E-state index contributed by atoms with van der Waals surface area (Å²) >= 11 is 0. The van der Waals surface area contributed by atoms with Gasteiger partial charge in [-0.25, -0.2) is 4.52 Å². The summed E-state index contributed by atoms with van der Waals surface area (Å²) in [7, 11) is 1.60. The summed E-state index contributed by atoms with van der Waals surface area (Å²) in [5.41, 5.74) is 1.91. The molecule has 0 radical (unpaired) electrons. The van der Waals surface area contributed by atoms with Gasteiger partial charge in [-0.1, -0.05) is 19.1 Å². The third kappa shape index (κ3) is 3.02. The third-order valence-corrected chi connectivity index (χ3v) is 4.28. The van der Waals surface area contributed by atoms with E-state index in [1.165, 1.54) is 6.07 Å². The lowest BCUT2D eigenvalue weighted by molar-refractivity contribution is -0.124. The van der Waals surface area contributed by atoms with Crippen molar-refractivity contribution in [3.05, 3.63) is 46.4 Å². The molecular formula is C18H22N4O3. The summed E-state index contributed by atoms with van der Waals surface area (Å²) in [6.45, 7) is 4.73. The molecule has 2 aromatic heterocycles. The van der Waals surface area contributed by atoms with Gasteiger partial charge in [-0.05, 0) is 25.5 Å². The van der Waals surface area contributed by atoms with Crippen molar-refractivity contribution in [2.45, 2.75) is 26.3 Å². The Morgan fingerprint density at radius 1 is 1.36 bits per heavy atom. The van der Waals surface area contributed by atoms with E-state index in [1.807, 2.05) is 47.3 Å². The normalized spacial score (nSPS) is 12.6. The van der Waals surface area contributed by atoms with Gasteiger partial charge in [0, 0.05) is 30.8 Å². The molecule has 0 spiro atoms. The van der Waals surface area contributed by atoms with Crippen molar-refractivity contribution in [1.82, 2.24) is 19.5 Å². The van der Waals surface area contributed by atoms with Crippen LogP contribution in [0.5, 0.6) is 0 Å². The largest absolute Gasteiger partial charge is 0.383 e. The molecule has 0 saturated heterocycles. The highest BCUT2D eigenvalue weighted by molar-refractivity contribution is 5.94. The Bertz CT molecular complexity index is 974. The van der Waals surface area contributed by atoms with Crippen LogP contribution in [0.2, 0.25) is 0 Å². The second-order valence-corrected chi connectivity index (χ2v) is 5.94. The van der Waals surface area contributed by atoms with E-state index in [-0.39, 0.29) is 11.5 Å². The van der Waals surface area contributed by atoms with E-state index in [9.17, 15) is 9.59 Å². The van der Waals surface area contributed by atoms with E-state index in [1.54, 1.807) is 7.11 Å². The monoisotopic (exact) mass is 342 g/mol. The maximum absolute atomic E-state index is 12.7. The van der Waals surface area contributed by atoms with Crippen LogP contribution < -0.4 is 10.9 Å². The zero-order valence-corrected chi connectivity index (χ0v) is 14.7. The van der Waals surface area contributed by atoms with Gasteiger partial charge >= 0.3 is 0 Å². The Kier molecular flexibility index (Phi) is 4.85. The highest BCUT2D eigenvalue weighted by atomic mass is 16.5. The number of methoxy groups -OCH3 is 1. The maximum Gasteiger partial charge on any atom is 0.273 e. The molecule has 0 aliphatic rings. The SMILES string of the molecule is CCC(C(=O)NCCOC)n1c2ccccc2c2nc(=O)cc(C)n21. The number of aryl methyl sites for hydroxylation is 1. The Hall–Kier alpha value is -2.67. The highest BCUT2D eigenvalue weighted by Crippen LogP contribution is 2.26. The number of hydrogen-bond donors (Lipinski definition) is 1. The number of carbonyl (C=O) groups excluding carboxylic acids is 1. The van der Waals surface area contributed by atoms with Gasteiger partial charge in [-0.2, -0.15) is 4.98 Å². The van der Waals surface area contributed by atoms with Crippen molar-refractivity contribution in [1.29, 1.82) is 0 Å². The standard InChI is InChI=1S/C18H22N4O3/c1-4-14(18(24)19-9-10-25-3)22-15-8-6-5-7-13(15)17-20-16(23)11-12(2)21(17)22/h5-8,11,14H,4,9-10H2,1-3H3,(H,19,24). The first kappa shape index (κ1) is 17.2. The van der Waals surface area contributed by atoms with E-state index in [0.29, 0.717) is 25.2 Å². The summed E-state index contributed by atoms with van der Waals surface area (Å²) in [4.78, 5) is 28.8. The van der Waals surface area contributed by atoms with Crippen LogP contribution in [0.15, 0.2) is 35.1 Å². The van der Waals surface area contributed by atoms with E-state index < -0.39 is 6.04 Å². The molecule has 1 aromatic carbocycles. The Morgan fingerprint density at radius 3 is 2.84 bits per heavy atom. The summed E-state index contributed by atoms with van der Waals surface area (Å²) in [5, 5.41) is 3.76. The maximum atomic E-state index is 12.7. The molecule has 25 heavy (non-hydrogen) atoms. The molecule has 132 valence electrons. The van der Waals surface area contributed by atoms with Crippen molar-refractivity contribution >= 4 is 22.5 Å². The molecule has 0 fully saturated rings. The smallest absolute Gasteiger partial charge is 0.273 e. The molecule has 3 aromatic rings. The minimum atomic E-state index is -0.415. The molecule has 0 bridgehead atoms. The minimum Gasteiger partial charge on any atom is -0.383 e. The number of amides is 1. The molecule has 0 aliphatic carbocycles. The van der Waals surface area contributed by atoms with Crippen LogP contribution in [0.25, 0.3) is 16.6 Å². The molecule has 7 nitrogen and oxygen atoms in total. The number of aromatic nitrogens is 3. The van der Waals surface area contributed by atoms with Gasteiger partial charge in [0.25, 0.3) is 5.56 Å². The van der Waals surface area contributed by atoms with Crippen molar-refractivity contribution < 1.29 is 9.53 Å². The number of para-hydroxylation sites is 1. The number of rotatable bonds is 6. The second kappa shape index (κ2) is 7.06. The van der Waals surface area contributed by atoms with Crippen LogP contribution in [0.1, 0.15) is 25.1 Å². The zero-order chi connectivity index (χ0) is 18.0. The van der Waals surface area contributed by atoms with Crippen LogP contribution in [-0.2, 0) is 9.53 Å². The van der Waals surface area contributed by atoms with Gasteiger partial charge in [0.1, 0.15) is 6.04 Å². The molecule has 0 saturated carbocycles. The highest BCUT2D eigenvalue weighted by Gasteiger charge is 2.24. The van der Waals surface area contributed by atoms with Crippen molar-refractivity contribution in [2.24, 2.45) is 0 Å². The topological polar surface area (TPSA) is 77.6 Å². The first-order chi connectivity index (χ1) is 12.1. The number of benzene rings is 1. The first-order valence-corrected chi connectivity index (χ1v) is 8.34. The summed E-state index contributed by atoms with van der Waals surface area (Å²) in [6.07, 6.45) is 0.609. The molecule has 7 heteroatoms. The number of nitrogens with one attached hydrogen (secondary N) is 1. The lowest BCUT2D eigenvalue weighted by atomic mass is 10.2. The second-order valence-electron chi connectivity index (χ2n) is 5.94. The molecule has 2 heterocycles. The Morgan fingerprint density at radius 2 is 2.12 bits per heavy atom. The lowest BCUT2D eigenvalue weighted by Crippen LogP contribution is -2.35. The van der Waals surface area contributed by atoms with Gasteiger partial charge in [-0.3, -0.25) is 14.3 Å². The average molecular weight is 342 g/mol. The average Bonchev–Trinajstić information content (AvgIpc) is 2.91. The van der Waals surface area contributed by atoms with Crippen LogP contribution in [-0.4, -0.2) is 40.3 Å². The number of ether oxygens (including phenoxy) is 1. The molecular weight excluding hydrogens is 320 g/mol. The Balaban J connectivity index is 2.22. The fourth-order valence-electron chi connectivity index (χ4n) is 3.18. The van der Waals surface area contributed by atoms with Crippen LogP contribution in [0.4, 0.5) is 0 Å². The molecule has 1 N–H and O–H groups in total. The van der Waals surface area contributed by atoms with E-state index in [2.05, 4.69) is 10.3 Å². The van der Waals surface area contributed by atoms with Crippen LogP contribution >= 0.6 is 0 Å². The quantitative estimate of drug-likeness (QED) is 0.691. The van der Waals surface area contributed by atoms with Gasteiger partial charge in [0.2, 0.25) is 5.91 Å². The van der Waals surface area contributed by atoms with Crippen molar-refractivity contribution in [2.75, 3.05) is 20.3 Å². The summed E-state index contributed by atoms with van der Waals surface area (Å²) in [6, 6.07) is 8.75. The van der Waals surface area contributed by atoms with Gasteiger partial charge in [0.05, 0.1) is 12.1 Å². The molecule has 1 atom stereocenters.